The molecule has 0 aliphatic rings. The monoisotopic (exact) mass is 1280 g/mol. The first-order chi connectivity index (χ1) is 35.6. The van der Waals surface area contributed by atoms with E-state index in [0.29, 0.717) is 0 Å². The van der Waals surface area contributed by atoms with Gasteiger partial charge in [0.15, 0.2) is 43.5 Å². The van der Waals surface area contributed by atoms with Crippen LogP contribution in [0.1, 0.15) is 93.4 Å². The predicted octanol–water partition coefficient (Wildman–Crippen LogP) is 17.2. The fourth-order valence-electron chi connectivity index (χ4n) is 7.79. The molecule has 0 rings (SSSR count). The summed E-state index contributed by atoms with van der Waals surface area (Å²) in [5.74, 6) is -19.0. The molecule has 3 atom stereocenters. The van der Waals surface area contributed by atoms with Crippen molar-refractivity contribution in [2.45, 2.75) is 227 Å². The molecule has 0 bridgehead atoms. The van der Waals surface area contributed by atoms with E-state index in [9.17, 15) is 110 Å². The maximum Gasteiger partial charge on any atom is 0.469 e. The van der Waals surface area contributed by atoms with Crippen molar-refractivity contribution in [3.05, 3.63) is 12.2 Å². The summed E-state index contributed by atoms with van der Waals surface area (Å²) in [5, 5.41) is 0. The minimum Gasteiger partial charge on any atom is -0.462 e. The van der Waals surface area contributed by atoms with E-state index in [1.165, 1.54) is 48.5 Å². The maximum absolute atomic E-state index is 14.6. The second-order valence-electron chi connectivity index (χ2n) is 18.8. The zero-order chi connectivity index (χ0) is 62.2. The van der Waals surface area contributed by atoms with Gasteiger partial charge in [-0.05, 0) is 87.0 Å². The molecule has 0 aromatic heterocycles. The van der Waals surface area contributed by atoms with Crippen LogP contribution >= 0.6 is 0 Å². The van der Waals surface area contributed by atoms with Crippen molar-refractivity contribution >= 4 is 39.7 Å². The van der Waals surface area contributed by atoms with Crippen molar-refractivity contribution < 1.29 is 141 Å². The Morgan fingerprint density at radius 2 is 0.633 bits per heavy atom. The van der Waals surface area contributed by atoms with Crippen LogP contribution in [-0.2, 0) is 36.1 Å². The lowest BCUT2D eigenvalue weighted by atomic mass is 10.1. The molecule has 0 N–H and O–H groups in total. The number of rotatable bonds is 41. The summed E-state index contributed by atoms with van der Waals surface area (Å²) in [4.78, 5) is 12.4. The van der Waals surface area contributed by atoms with Gasteiger partial charge in [-0.25, -0.2) is 18.0 Å². The standard InChI is InChI=1S/C43H68F24O8Si4/c1-9-76(10-2,23-16-20-70-41(62,63)38(56,57)31(44)27-35(47,48)49)73-79(26-15-19-69-34(68)30(7)8,74-77(11-3,12-4)24-17-21-71-42(64,65)39(58,59)32(45)28-36(50,51)52)75-78(13-5,14-6)25-18-22-72-43(66,67)40(60,61)33(46)29-37(53,54)55/h31-33H,7,9-29H2,1-6,8H3. The first-order valence-corrected chi connectivity index (χ1v) is 34.3. The molecule has 0 amide bonds. The van der Waals surface area contributed by atoms with Crippen LogP contribution in [0.25, 0.3) is 0 Å². The van der Waals surface area contributed by atoms with Crippen molar-refractivity contribution in [1.29, 1.82) is 0 Å². The molecule has 472 valence electrons. The van der Waals surface area contributed by atoms with Crippen molar-refractivity contribution in [2.75, 3.05) is 26.4 Å². The molecule has 0 aliphatic heterocycles. The van der Waals surface area contributed by atoms with Crippen molar-refractivity contribution in [3.8, 4) is 0 Å². The summed E-state index contributed by atoms with van der Waals surface area (Å²) in [5.41, 5.74) is -0.101. The third kappa shape index (κ3) is 23.6. The molecule has 0 spiro atoms. The van der Waals surface area contributed by atoms with Gasteiger partial charge in [-0.2, -0.15) is 92.2 Å². The molecule has 0 aliphatic carbocycles. The first kappa shape index (κ1) is 77.2. The van der Waals surface area contributed by atoms with E-state index in [4.69, 9.17) is 17.1 Å². The molecule has 8 nitrogen and oxygen atoms in total. The highest BCUT2D eigenvalue weighted by atomic mass is 28.5. The summed E-state index contributed by atoms with van der Waals surface area (Å²) in [6.45, 7) is 8.98. The molecule has 0 saturated heterocycles. The normalized spacial score (nSPS) is 16.4. The van der Waals surface area contributed by atoms with Gasteiger partial charge in [0.2, 0.25) is 0 Å². The zero-order valence-corrected chi connectivity index (χ0v) is 48.1. The van der Waals surface area contributed by atoms with E-state index in [2.05, 4.69) is 20.8 Å². The second kappa shape index (κ2) is 30.3. The number of alkyl halides is 24. The quantitative estimate of drug-likeness (QED) is 0.0197. The van der Waals surface area contributed by atoms with Crippen LogP contribution in [0.15, 0.2) is 12.2 Å². The van der Waals surface area contributed by atoms with E-state index < -0.39 is 202 Å². The Balaban J connectivity index is 7.74. The smallest absolute Gasteiger partial charge is 0.462 e. The summed E-state index contributed by atoms with van der Waals surface area (Å²) in [6.07, 6.45) is -59.1. The van der Waals surface area contributed by atoms with E-state index in [1.807, 2.05) is 0 Å². The number of halogens is 24. The number of hydrogen-bond donors (Lipinski definition) is 0. The number of carbonyl (C=O) groups is 1. The van der Waals surface area contributed by atoms with E-state index in [0.717, 1.165) is 0 Å². The maximum atomic E-state index is 14.6. The Morgan fingerprint density at radius 3 is 0.835 bits per heavy atom. The highest BCUT2D eigenvalue weighted by molar-refractivity contribution is 6.92. The third-order valence-corrected chi connectivity index (χ3v) is 34.4. The Bertz CT molecular complexity index is 1640. The van der Waals surface area contributed by atoms with Crippen LogP contribution in [0.2, 0.25) is 60.4 Å². The van der Waals surface area contributed by atoms with Gasteiger partial charge in [-0.1, -0.05) is 48.1 Å². The van der Waals surface area contributed by atoms with Gasteiger partial charge in [0.05, 0.1) is 45.7 Å². The Morgan fingerprint density at radius 1 is 0.405 bits per heavy atom. The van der Waals surface area contributed by atoms with Crippen LogP contribution in [0.3, 0.4) is 0 Å². The van der Waals surface area contributed by atoms with E-state index in [-0.39, 0.29) is 48.3 Å². The van der Waals surface area contributed by atoms with Crippen molar-refractivity contribution in [2.24, 2.45) is 0 Å². The number of hydrogen-bond acceptors (Lipinski definition) is 8. The first-order valence-electron chi connectivity index (χ1n) is 24.8. The SMILES string of the molecule is C=C(C)C(=O)OCCC[Si](O[Si](CC)(CC)CCCOC(F)(F)C(F)(F)C(F)CC(F)(F)F)(O[Si](CC)(CC)CCCOC(F)(F)C(F)(F)C(F)CC(F)(F)F)O[Si](CC)(CC)CCCOC(F)(F)C(F)(F)C(F)CC(F)(F)F. The van der Waals surface area contributed by atoms with Crippen LogP contribution in [0.4, 0.5) is 105 Å². The van der Waals surface area contributed by atoms with Crippen LogP contribution in [0, 0.1) is 0 Å². The average Bonchev–Trinajstić information content (AvgIpc) is 3.31. The average molecular weight is 1280 g/mol. The fourth-order valence-corrected chi connectivity index (χ4v) is 29.8. The largest absolute Gasteiger partial charge is 0.469 e. The van der Waals surface area contributed by atoms with E-state index in [1.54, 1.807) is 0 Å². The minimum atomic E-state index is -6.02. The van der Waals surface area contributed by atoms with Gasteiger partial charge in [0.25, 0.3) is 0 Å². The number of ether oxygens (including phenoxy) is 4. The summed E-state index contributed by atoms with van der Waals surface area (Å²) in [6, 6.07) is -2.02. The zero-order valence-electron chi connectivity index (χ0n) is 44.1. The fraction of sp³-hybridized carbons (Fsp3) is 0.930. The molecule has 0 saturated carbocycles. The molecular weight excluding hydrogens is 1210 g/mol. The van der Waals surface area contributed by atoms with E-state index >= 15 is 0 Å². The molecule has 79 heavy (non-hydrogen) atoms. The highest BCUT2D eigenvalue weighted by Crippen LogP contribution is 2.47. The summed E-state index contributed by atoms with van der Waals surface area (Å²) in [7, 11) is -16.2. The van der Waals surface area contributed by atoms with Crippen LogP contribution in [0.5, 0.6) is 0 Å². The Kier molecular flexibility index (Phi) is 29.6. The number of carbonyl (C=O) groups excluding carboxylic acids is 1. The predicted molar refractivity (Wildman–Crippen MR) is 247 cm³/mol. The van der Waals surface area contributed by atoms with Crippen LogP contribution < -0.4 is 0 Å². The minimum absolute atomic E-state index is 0.0675. The lowest BCUT2D eigenvalue weighted by molar-refractivity contribution is -0.366. The molecular formula is C43H68F24O8Si4. The molecule has 0 fully saturated rings. The lowest BCUT2D eigenvalue weighted by Gasteiger charge is -2.49. The molecule has 0 aromatic rings. The van der Waals surface area contributed by atoms with Gasteiger partial charge in [-0.3, -0.25) is 0 Å². The Hall–Kier alpha value is -1.84. The van der Waals surface area contributed by atoms with Crippen molar-refractivity contribution in [1.82, 2.24) is 0 Å². The Labute approximate surface area is 446 Å². The topological polar surface area (TPSA) is 81.7 Å². The van der Waals surface area contributed by atoms with Crippen molar-refractivity contribution in [3.63, 3.8) is 0 Å². The molecule has 0 radical (unpaired) electrons. The van der Waals surface area contributed by atoms with Gasteiger partial charge in [0, 0.05) is 11.6 Å². The third-order valence-electron chi connectivity index (χ3n) is 12.9. The summed E-state index contributed by atoms with van der Waals surface area (Å²) < 4.78 is 368. The number of esters is 1. The van der Waals surface area contributed by atoms with Gasteiger partial charge >= 0.3 is 69.4 Å². The van der Waals surface area contributed by atoms with Gasteiger partial charge < -0.3 is 31.3 Å². The molecule has 0 heterocycles. The van der Waals surface area contributed by atoms with Crippen LogP contribution in [-0.4, -0.2) is 139 Å². The molecule has 0 aromatic carbocycles. The van der Waals surface area contributed by atoms with Gasteiger partial charge in [0.1, 0.15) is 0 Å². The second-order valence-corrected chi connectivity index (χ2v) is 36.0. The highest BCUT2D eigenvalue weighted by Gasteiger charge is 2.68. The molecule has 3 unspecified atom stereocenters. The summed E-state index contributed by atoms with van der Waals surface area (Å²) >= 11 is 0. The molecule has 36 heteroatoms. The van der Waals surface area contributed by atoms with Gasteiger partial charge in [-0.15, -0.1) is 0 Å². The lowest BCUT2D eigenvalue weighted by Crippen LogP contribution is -2.64.